The monoisotopic (exact) mass is 433 g/mol. The number of carbonyl (C=O) groups is 2. The molecule has 0 rings (SSSR count). The molecule has 0 fully saturated rings. The molecule has 0 heterocycles. The molecule has 4 N–H and O–H groups in total. The van der Waals surface area contributed by atoms with Gasteiger partial charge in [-0.1, -0.05) is 72.1 Å². The normalized spacial score (nSPS) is 12.0. The summed E-state index contributed by atoms with van der Waals surface area (Å²) in [6, 6.07) is 0. The van der Waals surface area contributed by atoms with Gasteiger partial charge in [-0.15, -0.1) is 0 Å². The van der Waals surface area contributed by atoms with Crippen LogP contribution < -0.4 is 5.73 Å². The summed E-state index contributed by atoms with van der Waals surface area (Å²) in [6.45, 7) is 7.83. The van der Waals surface area contributed by atoms with E-state index in [0.717, 1.165) is 25.7 Å². The van der Waals surface area contributed by atoms with Crippen molar-refractivity contribution in [3.63, 3.8) is 0 Å². The number of aliphatic hydroxyl groups is 2. The average molecular weight is 434 g/mol. The maximum atomic E-state index is 11.6. The van der Waals surface area contributed by atoms with Crippen LogP contribution in [-0.2, 0) is 19.1 Å². The largest absolute Gasteiger partial charge is 0.462 e. The molecule has 30 heavy (non-hydrogen) atoms. The smallest absolute Gasteiger partial charge is 0.306 e. The molecule has 0 radical (unpaired) electrons. The molecule has 7 heteroatoms. The van der Waals surface area contributed by atoms with E-state index in [4.69, 9.17) is 25.4 Å². The summed E-state index contributed by atoms with van der Waals surface area (Å²) < 4.78 is 10.4. The molecule has 0 aromatic heterocycles. The van der Waals surface area contributed by atoms with Crippen LogP contribution in [0.5, 0.6) is 0 Å². The van der Waals surface area contributed by atoms with Gasteiger partial charge in [-0.2, -0.15) is 0 Å². The van der Waals surface area contributed by atoms with E-state index in [1.54, 1.807) is 13.8 Å². The van der Waals surface area contributed by atoms with Crippen molar-refractivity contribution in [2.45, 2.75) is 123 Å². The van der Waals surface area contributed by atoms with Crippen LogP contribution in [0.1, 0.15) is 111 Å². The second-order valence-electron chi connectivity index (χ2n) is 7.85. The third-order valence-corrected chi connectivity index (χ3v) is 4.67. The molecule has 0 bridgehead atoms. The zero-order valence-corrected chi connectivity index (χ0v) is 19.8. The average Bonchev–Trinajstić information content (AvgIpc) is 2.72. The van der Waals surface area contributed by atoms with Gasteiger partial charge in [0.1, 0.15) is 12.7 Å². The first-order valence-corrected chi connectivity index (χ1v) is 11.7. The Bertz CT molecular complexity index is 408. The van der Waals surface area contributed by atoms with Crippen LogP contribution in [-0.4, -0.2) is 47.2 Å². The van der Waals surface area contributed by atoms with E-state index >= 15 is 0 Å². The fourth-order valence-electron chi connectivity index (χ4n) is 2.49. The van der Waals surface area contributed by atoms with Crippen LogP contribution in [0.2, 0.25) is 0 Å². The van der Waals surface area contributed by atoms with Crippen molar-refractivity contribution >= 4 is 11.9 Å². The van der Waals surface area contributed by atoms with Gasteiger partial charge in [0.2, 0.25) is 0 Å². The Balaban J connectivity index is 0. The molecule has 0 amide bonds. The molecule has 0 aromatic rings. The maximum Gasteiger partial charge on any atom is 0.306 e. The highest BCUT2D eigenvalue weighted by molar-refractivity contribution is 5.70. The molecular weight excluding hydrogens is 386 g/mol. The second kappa shape index (κ2) is 21.1. The highest BCUT2D eigenvalue weighted by Gasteiger charge is 2.15. The molecule has 0 aliphatic rings. The van der Waals surface area contributed by atoms with Gasteiger partial charge in [-0.25, -0.2) is 0 Å². The van der Waals surface area contributed by atoms with Crippen LogP contribution in [0.4, 0.5) is 0 Å². The zero-order valence-electron chi connectivity index (χ0n) is 19.8. The zero-order chi connectivity index (χ0) is 23.3. The minimum Gasteiger partial charge on any atom is -0.462 e. The number of carbonyl (C=O) groups excluding carboxylic acids is 2. The van der Waals surface area contributed by atoms with Crippen molar-refractivity contribution in [2.75, 3.05) is 13.2 Å². The Morgan fingerprint density at radius 3 is 1.70 bits per heavy atom. The van der Waals surface area contributed by atoms with Crippen LogP contribution in [0, 0.1) is 0 Å². The first-order valence-electron chi connectivity index (χ1n) is 11.7. The van der Waals surface area contributed by atoms with Crippen molar-refractivity contribution in [3.8, 4) is 0 Å². The molecule has 0 aliphatic carbocycles. The lowest BCUT2D eigenvalue weighted by Gasteiger charge is -2.15. The highest BCUT2D eigenvalue weighted by atomic mass is 16.6. The van der Waals surface area contributed by atoms with E-state index in [1.807, 2.05) is 0 Å². The molecule has 0 spiro atoms. The van der Waals surface area contributed by atoms with Gasteiger partial charge in [-0.3, -0.25) is 9.59 Å². The molecule has 0 aliphatic heterocycles. The van der Waals surface area contributed by atoms with E-state index in [1.165, 1.54) is 38.5 Å². The lowest BCUT2D eigenvalue weighted by Crippen LogP contribution is -2.36. The van der Waals surface area contributed by atoms with E-state index < -0.39 is 5.79 Å². The number of rotatable bonds is 17. The Labute approximate surface area is 183 Å². The SMILES string of the molecule is CCC(O)(O)CN.CCCCCCCC(=O)OCC(C)OC(=O)CCCCCCC. The van der Waals surface area contributed by atoms with Crippen molar-refractivity contribution in [1.29, 1.82) is 0 Å². The first-order chi connectivity index (χ1) is 14.2. The van der Waals surface area contributed by atoms with Gasteiger partial charge in [0, 0.05) is 19.4 Å². The van der Waals surface area contributed by atoms with Crippen molar-refractivity contribution in [1.82, 2.24) is 0 Å². The van der Waals surface area contributed by atoms with Gasteiger partial charge in [0.25, 0.3) is 0 Å². The fourth-order valence-corrected chi connectivity index (χ4v) is 2.49. The van der Waals surface area contributed by atoms with E-state index in [-0.39, 0.29) is 37.6 Å². The van der Waals surface area contributed by atoms with Gasteiger partial charge in [0.05, 0.1) is 0 Å². The lowest BCUT2D eigenvalue weighted by atomic mass is 10.1. The van der Waals surface area contributed by atoms with Gasteiger partial charge >= 0.3 is 11.9 Å². The van der Waals surface area contributed by atoms with E-state index in [9.17, 15) is 9.59 Å². The summed E-state index contributed by atoms with van der Waals surface area (Å²) in [5.41, 5.74) is 4.92. The molecule has 0 aromatic carbocycles. The predicted molar refractivity (Wildman–Crippen MR) is 120 cm³/mol. The summed E-state index contributed by atoms with van der Waals surface area (Å²) in [5, 5.41) is 17.1. The Morgan fingerprint density at radius 1 is 0.833 bits per heavy atom. The topological polar surface area (TPSA) is 119 Å². The minimum atomic E-state index is -1.64. The summed E-state index contributed by atoms with van der Waals surface area (Å²) in [5.74, 6) is -2.02. The molecule has 180 valence electrons. The van der Waals surface area contributed by atoms with E-state index in [0.29, 0.717) is 12.8 Å². The van der Waals surface area contributed by atoms with Gasteiger partial charge in [0.15, 0.2) is 5.79 Å². The van der Waals surface area contributed by atoms with Crippen LogP contribution in [0.25, 0.3) is 0 Å². The minimum absolute atomic E-state index is 0.0938. The summed E-state index contributed by atoms with van der Waals surface area (Å²) in [6.07, 6.45) is 11.9. The maximum absolute atomic E-state index is 11.6. The van der Waals surface area contributed by atoms with Crippen LogP contribution in [0.15, 0.2) is 0 Å². The second-order valence-corrected chi connectivity index (χ2v) is 7.85. The van der Waals surface area contributed by atoms with Crippen molar-refractivity contribution in [3.05, 3.63) is 0 Å². The molecule has 1 unspecified atom stereocenters. The van der Waals surface area contributed by atoms with Crippen LogP contribution >= 0.6 is 0 Å². The van der Waals surface area contributed by atoms with Crippen molar-refractivity contribution in [2.24, 2.45) is 5.73 Å². The Morgan fingerprint density at radius 2 is 1.30 bits per heavy atom. The molecule has 1 atom stereocenters. The van der Waals surface area contributed by atoms with Crippen LogP contribution in [0.3, 0.4) is 0 Å². The Kier molecular flexibility index (Phi) is 21.8. The highest BCUT2D eigenvalue weighted by Crippen LogP contribution is 2.08. The molecular formula is C23H47NO6. The fraction of sp³-hybridized carbons (Fsp3) is 0.913. The molecule has 0 saturated carbocycles. The Hall–Kier alpha value is -1.18. The number of hydrogen-bond donors (Lipinski definition) is 3. The van der Waals surface area contributed by atoms with Gasteiger partial charge in [-0.05, 0) is 26.2 Å². The number of unbranched alkanes of at least 4 members (excludes halogenated alkanes) is 8. The summed E-state index contributed by atoms with van der Waals surface area (Å²) >= 11 is 0. The third kappa shape index (κ3) is 23.1. The summed E-state index contributed by atoms with van der Waals surface area (Å²) in [4.78, 5) is 23.2. The number of hydrogen-bond acceptors (Lipinski definition) is 7. The number of esters is 2. The van der Waals surface area contributed by atoms with Crippen molar-refractivity contribution < 1.29 is 29.3 Å². The molecule has 7 nitrogen and oxygen atoms in total. The predicted octanol–water partition coefficient (Wildman–Crippen LogP) is 4.22. The summed E-state index contributed by atoms with van der Waals surface area (Å²) in [7, 11) is 0. The standard InChI is InChI=1S/C19H36O4.C4H11NO2/c1-4-6-8-10-12-14-18(20)22-16-17(3)23-19(21)15-13-11-9-7-5-2;1-2-4(6,7)3-5/h17H,4-16H2,1-3H3;6-7H,2-3,5H2,1H3. The van der Waals surface area contributed by atoms with E-state index in [2.05, 4.69) is 13.8 Å². The number of nitrogens with two attached hydrogens (primary N) is 1. The van der Waals surface area contributed by atoms with Gasteiger partial charge < -0.3 is 25.4 Å². The lowest BCUT2D eigenvalue weighted by molar-refractivity contribution is -0.158. The first kappa shape index (κ1) is 31.0. The third-order valence-electron chi connectivity index (χ3n) is 4.67. The number of ether oxygens (including phenoxy) is 2. The molecule has 0 saturated heterocycles. The quantitative estimate of drug-likeness (QED) is 0.178.